The van der Waals surface area contributed by atoms with Crippen LogP contribution in [-0.2, 0) is 15.7 Å². The maximum atomic E-state index is 12.7. The highest BCUT2D eigenvalue weighted by Crippen LogP contribution is 2.31. The quantitative estimate of drug-likeness (QED) is 0.373. The summed E-state index contributed by atoms with van der Waals surface area (Å²) in [4.78, 5) is 29.1. The molecule has 34 heavy (non-hydrogen) atoms. The van der Waals surface area contributed by atoms with Crippen LogP contribution in [0, 0.1) is 11.8 Å². The molecule has 7 nitrogen and oxygen atoms in total. The van der Waals surface area contributed by atoms with Crippen LogP contribution in [0.2, 0.25) is 0 Å². The van der Waals surface area contributed by atoms with Gasteiger partial charge in [-0.15, -0.1) is 0 Å². The van der Waals surface area contributed by atoms with Crippen molar-refractivity contribution in [1.29, 1.82) is 0 Å². The largest absolute Gasteiger partial charge is 0.503 e. The van der Waals surface area contributed by atoms with Crippen molar-refractivity contribution in [3.8, 4) is 17.2 Å². The van der Waals surface area contributed by atoms with E-state index in [4.69, 9.17) is 14.2 Å². The average Bonchev–Trinajstić information content (AvgIpc) is 2.76. The van der Waals surface area contributed by atoms with Gasteiger partial charge in [-0.05, 0) is 37.1 Å². The zero-order valence-electron chi connectivity index (χ0n) is 19.6. The molecule has 1 heterocycles. The third-order valence-electron chi connectivity index (χ3n) is 5.14. The lowest BCUT2D eigenvalue weighted by molar-refractivity contribution is -0.161. The van der Waals surface area contributed by atoms with Gasteiger partial charge in [-0.25, -0.2) is 4.98 Å². The Hall–Kier alpha value is -3.30. The minimum atomic E-state index is -4.45. The van der Waals surface area contributed by atoms with Crippen molar-refractivity contribution in [2.75, 3.05) is 7.11 Å². The number of ether oxygens (including phenoxy) is 3. The summed E-state index contributed by atoms with van der Waals surface area (Å²) < 4.78 is 54.5. The molecule has 2 rings (SSSR count). The number of aromatic hydroxyl groups is 1. The molecular formula is C24H28F3NO6. The van der Waals surface area contributed by atoms with Crippen molar-refractivity contribution < 1.29 is 42.1 Å². The van der Waals surface area contributed by atoms with E-state index < -0.39 is 47.4 Å². The van der Waals surface area contributed by atoms with Gasteiger partial charge in [0.15, 0.2) is 23.0 Å². The number of aromatic nitrogens is 1. The van der Waals surface area contributed by atoms with E-state index in [-0.39, 0.29) is 29.5 Å². The summed E-state index contributed by atoms with van der Waals surface area (Å²) in [6.45, 7) is 6.76. The fourth-order valence-corrected chi connectivity index (χ4v) is 3.29. The number of carbonyl (C=O) groups excluding carboxylic acids is 2. The SMILES string of the molecule is COc1ccnc(C(=O)C[C@@H](C)C(=O)O[C@H](C(C)C)[C@H](C)Oc2ccc(C(F)(F)F)cc2)c1O. The number of ketones is 1. The number of nitrogens with zero attached hydrogens (tertiary/aromatic N) is 1. The molecule has 0 saturated heterocycles. The molecule has 0 aliphatic heterocycles. The zero-order valence-corrected chi connectivity index (χ0v) is 19.6. The molecule has 0 unspecified atom stereocenters. The lowest BCUT2D eigenvalue weighted by atomic mass is 10.00. The summed E-state index contributed by atoms with van der Waals surface area (Å²) in [5.41, 5.74) is -1.01. The summed E-state index contributed by atoms with van der Waals surface area (Å²) in [5, 5.41) is 10.1. The van der Waals surface area contributed by atoms with Gasteiger partial charge in [0.2, 0.25) is 0 Å². The molecule has 10 heteroatoms. The second kappa shape index (κ2) is 11.2. The second-order valence-electron chi connectivity index (χ2n) is 8.23. The molecule has 0 aliphatic rings. The van der Waals surface area contributed by atoms with Crippen LogP contribution in [0.3, 0.4) is 0 Å². The standard InChI is InChI=1S/C24H28F3NO6/c1-13(2)22(15(4)33-17-8-6-16(7-9-17)24(25,26)27)34-23(31)14(3)12-18(29)20-21(30)19(32-5)10-11-28-20/h6-11,13-15,22,30H,12H2,1-5H3/t14-,15+,22-/m1/s1. The molecule has 186 valence electrons. The lowest BCUT2D eigenvalue weighted by Gasteiger charge is -2.29. The fourth-order valence-electron chi connectivity index (χ4n) is 3.29. The van der Waals surface area contributed by atoms with E-state index in [0.717, 1.165) is 12.1 Å². The Labute approximate surface area is 195 Å². The molecule has 1 N–H and O–H groups in total. The van der Waals surface area contributed by atoms with Gasteiger partial charge >= 0.3 is 12.1 Å². The molecule has 0 radical (unpaired) electrons. The molecule has 0 spiro atoms. The van der Waals surface area contributed by atoms with Crippen molar-refractivity contribution in [3.05, 3.63) is 47.8 Å². The number of pyridine rings is 1. The lowest BCUT2D eigenvalue weighted by Crippen LogP contribution is -2.39. The molecule has 2 aromatic rings. The molecule has 0 amide bonds. The van der Waals surface area contributed by atoms with Crippen LogP contribution in [0.15, 0.2) is 36.5 Å². The highest BCUT2D eigenvalue weighted by molar-refractivity contribution is 5.99. The Morgan fingerprint density at radius 3 is 2.21 bits per heavy atom. The Kier molecular flexibility index (Phi) is 8.89. The summed E-state index contributed by atoms with van der Waals surface area (Å²) in [5.74, 6) is -2.37. The Balaban J connectivity index is 2.04. The Morgan fingerprint density at radius 1 is 1.06 bits per heavy atom. The first-order valence-corrected chi connectivity index (χ1v) is 10.6. The van der Waals surface area contributed by atoms with Crippen molar-refractivity contribution in [3.63, 3.8) is 0 Å². The maximum absolute atomic E-state index is 12.7. The molecule has 1 aromatic heterocycles. The number of rotatable bonds is 10. The van der Waals surface area contributed by atoms with Gasteiger partial charge in [0.25, 0.3) is 0 Å². The number of esters is 1. The highest BCUT2D eigenvalue weighted by atomic mass is 19.4. The number of Topliss-reactive ketones (excluding diaryl/α,β-unsaturated/α-hetero) is 1. The number of methoxy groups -OCH3 is 1. The molecule has 0 fully saturated rings. The Bertz CT molecular complexity index is 991. The summed E-state index contributed by atoms with van der Waals surface area (Å²) in [6.07, 6.45) is -4.80. The van der Waals surface area contributed by atoms with Gasteiger partial charge in [0, 0.05) is 18.7 Å². The monoisotopic (exact) mass is 483 g/mol. The van der Waals surface area contributed by atoms with Crippen LogP contribution in [-0.4, -0.2) is 41.2 Å². The van der Waals surface area contributed by atoms with E-state index in [9.17, 15) is 27.9 Å². The van der Waals surface area contributed by atoms with Crippen LogP contribution in [0.1, 0.15) is 50.2 Å². The molecule has 0 saturated carbocycles. The second-order valence-corrected chi connectivity index (χ2v) is 8.23. The average molecular weight is 483 g/mol. The predicted octanol–water partition coefficient (Wildman–Crippen LogP) is 5.06. The topological polar surface area (TPSA) is 95.0 Å². The van der Waals surface area contributed by atoms with Gasteiger partial charge in [-0.1, -0.05) is 20.8 Å². The first kappa shape index (κ1) is 26.9. The summed E-state index contributed by atoms with van der Waals surface area (Å²) in [6, 6.07) is 5.62. The van der Waals surface area contributed by atoms with E-state index in [0.29, 0.717) is 0 Å². The van der Waals surface area contributed by atoms with Crippen molar-refractivity contribution >= 4 is 11.8 Å². The van der Waals surface area contributed by atoms with E-state index in [2.05, 4.69) is 4.98 Å². The van der Waals surface area contributed by atoms with Gasteiger partial charge in [0.1, 0.15) is 18.0 Å². The molecule has 0 bridgehead atoms. The number of carbonyl (C=O) groups is 2. The minimum Gasteiger partial charge on any atom is -0.503 e. The molecule has 0 aliphatic carbocycles. The number of hydrogen-bond donors (Lipinski definition) is 1. The highest BCUT2D eigenvalue weighted by Gasteiger charge is 2.32. The van der Waals surface area contributed by atoms with Gasteiger partial charge < -0.3 is 19.3 Å². The summed E-state index contributed by atoms with van der Waals surface area (Å²) in [7, 11) is 1.34. The first-order valence-electron chi connectivity index (χ1n) is 10.6. The van der Waals surface area contributed by atoms with E-state index >= 15 is 0 Å². The van der Waals surface area contributed by atoms with Crippen LogP contribution in [0.25, 0.3) is 0 Å². The minimum absolute atomic E-state index is 0.0858. The molecule has 3 atom stereocenters. The van der Waals surface area contributed by atoms with Crippen LogP contribution >= 0.6 is 0 Å². The number of halogens is 3. The molecule has 1 aromatic carbocycles. The zero-order chi connectivity index (χ0) is 25.6. The fraction of sp³-hybridized carbons (Fsp3) is 0.458. The van der Waals surface area contributed by atoms with Crippen LogP contribution in [0.4, 0.5) is 13.2 Å². The number of benzene rings is 1. The normalized spacial score (nSPS) is 14.3. The van der Waals surface area contributed by atoms with Crippen molar-refractivity contribution in [2.24, 2.45) is 11.8 Å². The maximum Gasteiger partial charge on any atom is 0.416 e. The predicted molar refractivity (Wildman–Crippen MR) is 117 cm³/mol. The van der Waals surface area contributed by atoms with Crippen molar-refractivity contribution in [1.82, 2.24) is 4.98 Å². The van der Waals surface area contributed by atoms with Crippen LogP contribution < -0.4 is 9.47 Å². The Morgan fingerprint density at radius 2 is 1.68 bits per heavy atom. The van der Waals surface area contributed by atoms with Gasteiger partial charge in [0.05, 0.1) is 18.6 Å². The van der Waals surface area contributed by atoms with Crippen molar-refractivity contribution in [2.45, 2.75) is 52.5 Å². The van der Waals surface area contributed by atoms with E-state index in [1.54, 1.807) is 20.8 Å². The molecular weight excluding hydrogens is 455 g/mol. The first-order chi connectivity index (χ1) is 15.8. The van der Waals surface area contributed by atoms with Gasteiger partial charge in [-0.2, -0.15) is 13.2 Å². The van der Waals surface area contributed by atoms with Crippen LogP contribution in [0.5, 0.6) is 17.2 Å². The smallest absolute Gasteiger partial charge is 0.416 e. The number of alkyl halides is 3. The third kappa shape index (κ3) is 6.85. The van der Waals surface area contributed by atoms with E-state index in [1.165, 1.54) is 38.4 Å². The third-order valence-corrected chi connectivity index (χ3v) is 5.14. The van der Waals surface area contributed by atoms with Gasteiger partial charge in [-0.3, -0.25) is 9.59 Å². The number of hydrogen-bond acceptors (Lipinski definition) is 7. The summed E-state index contributed by atoms with van der Waals surface area (Å²) >= 11 is 0. The van der Waals surface area contributed by atoms with E-state index in [1.807, 2.05) is 0 Å².